The summed E-state index contributed by atoms with van der Waals surface area (Å²) >= 11 is 0. The van der Waals surface area contributed by atoms with E-state index in [1.54, 1.807) is 0 Å². The molecule has 256 valence electrons. The van der Waals surface area contributed by atoms with Crippen LogP contribution in [0, 0.1) is 17.8 Å². The molecule has 9 N–H and O–H groups in total. The Morgan fingerprint density at radius 3 is 2.60 bits per heavy atom. The number of benzene rings is 2. The highest BCUT2D eigenvalue weighted by atomic mass is 16.4. The van der Waals surface area contributed by atoms with E-state index >= 15 is 0 Å². The van der Waals surface area contributed by atoms with Gasteiger partial charge in [-0.1, -0.05) is 43.7 Å². The zero-order chi connectivity index (χ0) is 34.2. The molecule has 1 aromatic heterocycles. The molecule has 0 spiro atoms. The Morgan fingerprint density at radius 2 is 1.90 bits per heavy atom. The first-order chi connectivity index (χ1) is 23.2. The molecule has 5 rings (SSSR count). The van der Waals surface area contributed by atoms with E-state index in [4.69, 9.17) is 17.2 Å². The fourth-order valence-corrected chi connectivity index (χ4v) is 8.19. The average molecular weight is 655 g/mol. The number of aliphatic imine (C=N–C) groups is 1. The number of nitrogens with zero attached hydrogens (tertiary/aromatic N) is 1. The van der Waals surface area contributed by atoms with Crippen molar-refractivity contribution < 1.29 is 19.5 Å². The maximum atomic E-state index is 12.1. The molecule has 7 atom stereocenters. The summed E-state index contributed by atoms with van der Waals surface area (Å²) < 4.78 is 0. The Hall–Kier alpha value is -4.44. The Morgan fingerprint density at radius 1 is 1.08 bits per heavy atom. The average Bonchev–Trinajstić information content (AvgIpc) is 3.59. The molecular weight excluding hydrogens is 604 g/mol. The number of aliphatic carboxylic acids is 1. The molecule has 0 unspecified atom stereocenters. The van der Waals surface area contributed by atoms with Crippen molar-refractivity contribution in [3.8, 4) is 0 Å². The molecule has 3 aromatic rings. The molecule has 0 saturated heterocycles. The third kappa shape index (κ3) is 8.52. The maximum Gasteiger partial charge on any atom is 0.328 e. The van der Waals surface area contributed by atoms with Gasteiger partial charge in [0.1, 0.15) is 18.4 Å². The zero-order valence-corrected chi connectivity index (χ0v) is 27.8. The number of H-pyrrole nitrogens is 1. The Balaban J connectivity index is 1.53. The van der Waals surface area contributed by atoms with Crippen molar-refractivity contribution in [1.82, 2.24) is 4.98 Å². The van der Waals surface area contributed by atoms with E-state index in [1.807, 2.05) is 31.3 Å². The van der Waals surface area contributed by atoms with Gasteiger partial charge in [-0.3, -0.25) is 0 Å². The van der Waals surface area contributed by atoms with Crippen LogP contribution in [-0.2, 0) is 20.8 Å². The molecule has 48 heavy (non-hydrogen) atoms. The highest BCUT2D eigenvalue weighted by Crippen LogP contribution is 2.56. The minimum absolute atomic E-state index is 0.00898. The second kappa shape index (κ2) is 16.1. The molecule has 1 fully saturated rings. The van der Waals surface area contributed by atoms with E-state index in [9.17, 15) is 19.5 Å². The number of carbonyl (C=O) groups excluding carboxylic acids is 2. The second-order valence-electron chi connectivity index (χ2n) is 13.9. The number of hydrogen-bond acceptors (Lipinski definition) is 6. The van der Waals surface area contributed by atoms with Gasteiger partial charge in [0.25, 0.3) is 0 Å². The lowest BCUT2D eigenvalue weighted by Crippen LogP contribution is -2.44. The van der Waals surface area contributed by atoms with E-state index in [1.165, 1.54) is 22.6 Å². The highest BCUT2D eigenvalue weighted by molar-refractivity contribution is 5.86. The van der Waals surface area contributed by atoms with Crippen LogP contribution in [0.1, 0.15) is 86.8 Å². The van der Waals surface area contributed by atoms with Crippen LogP contribution in [0.15, 0.2) is 65.3 Å². The number of carboxylic acid groups (broad SMARTS) is 1. The lowest BCUT2D eigenvalue weighted by Gasteiger charge is -2.49. The van der Waals surface area contributed by atoms with Gasteiger partial charge in [-0.2, -0.15) is 0 Å². The first-order valence-electron chi connectivity index (χ1n) is 17.3. The lowest BCUT2D eigenvalue weighted by molar-refractivity contribution is -0.131. The molecular formula is C38H50N6O4. The van der Waals surface area contributed by atoms with E-state index in [0.29, 0.717) is 17.9 Å². The summed E-state index contributed by atoms with van der Waals surface area (Å²) in [5, 5.41) is 15.9. The number of aldehydes is 2. The largest absolute Gasteiger partial charge is 0.478 e. The van der Waals surface area contributed by atoms with E-state index < -0.39 is 5.97 Å². The van der Waals surface area contributed by atoms with Crippen molar-refractivity contribution in [2.24, 2.45) is 39.9 Å². The number of guanidine groups is 1. The third-order valence-electron chi connectivity index (χ3n) is 10.5. The van der Waals surface area contributed by atoms with Crippen molar-refractivity contribution in [1.29, 1.82) is 0 Å². The summed E-state index contributed by atoms with van der Waals surface area (Å²) in [5.41, 5.74) is 22.4. The molecule has 0 radical (unpaired) electrons. The molecule has 2 aliphatic rings. The van der Waals surface area contributed by atoms with Gasteiger partial charge in [0.2, 0.25) is 0 Å². The fourth-order valence-electron chi connectivity index (χ4n) is 8.19. The molecule has 0 aliphatic heterocycles. The molecule has 2 bridgehead atoms. The minimum atomic E-state index is -1.04. The summed E-state index contributed by atoms with van der Waals surface area (Å²) in [6.07, 6.45) is 12.7. The molecule has 0 amide bonds. The van der Waals surface area contributed by atoms with Crippen LogP contribution in [0.2, 0.25) is 0 Å². The Bertz CT molecular complexity index is 1630. The fraction of sp³-hybridized carbons (Fsp3) is 0.474. The number of aromatic amines is 1. The van der Waals surface area contributed by atoms with E-state index in [-0.39, 0.29) is 48.3 Å². The van der Waals surface area contributed by atoms with Gasteiger partial charge >= 0.3 is 5.97 Å². The predicted molar refractivity (Wildman–Crippen MR) is 191 cm³/mol. The minimum Gasteiger partial charge on any atom is -0.478 e. The topological polar surface area (TPSA) is 190 Å². The van der Waals surface area contributed by atoms with Crippen molar-refractivity contribution in [3.05, 3.63) is 77.0 Å². The van der Waals surface area contributed by atoms with Crippen molar-refractivity contribution in [3.63, 3.8) is 0 Å². The van der Waals surface area contributed by atoms with E-state index in [2.05, 4.69) is 39.6 Å². The van der Waals surface area contributed by atoms with Crippen LogP contribution in [0.3, 0.4) is 0 Å². The molecule has 1 heterocycles. The first-order valence-corrected chi connectivity index (χ1v) is 17.3. The molecule has 10 nitrogen and oxygen atoms in total. The van der Waals surface area contributed by atoms with Gasteiger partial charge in [-0.05, 0) is 114 Å². The Kier molecular flexibility index (Phi) is 11.7. The van der Waals surface area contributed by atoms with Gasteiger partial charge < -0.3 is 42.2 Å². The van der Waals surface area contributed by atoms with Gasteiger partial charge in [0.15, 0.2) is 5.96 Å². The molecule has 2 aliphatic carbocycles. The highest BCUT2D eigenvalue weighted by Gasteiger charge is 2.45. The van der Waals surface area contributed by atoms with Crippen LogP contribution in [0.4, 0.5) is 5.82 Å². The van der Waals surface area contributed by atoms with Crippen LogP contribution in [0.25, 0.3) is 10.8 Å². The zero-order valence-electron chi connectivity index (χ0n) is 27.8. The number of nitrogens with one attached hydrogen (secondary N) is 2. The second-order valence-corrected chi connectivity index (χ2v) is 13.9. The number of carbonyl (C=O) groups is 3. The summed E-state index contributed by atoms with van der Waals surface area (Å²) in [5.74, 6) is 0.698. The summed E-state index contributed by atoms with van der Waals surface area (Å²) in [4.78, 5) is 42.1. The van der Waals surface area contributed by atoms with Gasteiger partial charge in [0, 0.05) is 30.7 Å². The predicted octanol–water partition coefficient (Wildman–Crippen LogP) is 5.38. The van der Waals surface area contributed by atoms with E-state index in [0.717, 1.165) is 80.7 Å². The van der Waals surface area contributed by atoms with Crippen molar-refractivity contribution in [2.45, 2.75) is 88.6 Å². The van der Waals surface area contributed by atoms with Gasteiger partial charge in [0.05, 0.1) is 12.6 Å². The van der Waals surface area contributed by atoms with Crippen LogP contribution in [-0.4, -0.2) is 53.2 Å². The summed E-state index contributed by atoms with van der Waals surface area (Å²) in [7, 11) is 0. The Labute approximate surface area is 282 Å². The van der Waals surface area contributed by atoms with Crippen molar-refractivity contribution in [2.75, 3.05) is 11.9 Å². The molecule has 1 saturated carbocycles. The first kappa shape index (κ1) is 34.9. The standard InChI is InChI=1S/C38H50N6O4/c1-23(22-46)7-11-29(39)4-2-5-30-33-18-26(32-17-25-9-8-24(13-15-45)16-27(25)19-34(30)32)10-12-31(33)37(44-35-6-3-14-42-35)28(20-36(47)48)21-43-38(40)41/h3,6,8-9,14-17,19-20,22-23,26,29-31,33,37,42,44H,2,4-5,7,10-13,18,21,39H2,1H3,(H,47,48)(H4,40,41,43)/b28-20+/t23-,26+,29+,30+,31+,33-,37-/m0/s1. The van der Waals surface area contributed by atoms with Gasteiger partial charge in [-0.15, -0.1) is 0 Å². The number of aromatic nitrogens is 1. The van der Waals surface area contributed by atoms with Crippen LogP contribution in [0.5, 0.6) is 0 Å². The number of anilines is 1. The summed E-state index contributed by atoms with van der Waals surface area (Å²) in [6.45, 7) is 2.01. The third-order valence-corrected chi connectivity index (χ3v) is 10.5. The number of carboxylic acids is 1. The maximum absolute atomic E-state index is 12.1. The number of nitrogens with two attached hydrogens (primary N) is 3. The van der Waals surface area contributed by atoms with Crippen LogP contribution < -0.4 is 22.5 Å². The molecule has 10 heteroatoms. The molecule has 2 aromatic carbocycles. The number of rotatable bonds is 17. The monoisotopic (exact) mass is 654 g/mol. The smallest absolute Gasteiger partial charge is 0.328 e. The SMILES string of the molecule is C[C@H](C=O)CC[C@H](N)CCC[C@H]1c2cc3cc(CC=O)ccc3cc2[C@@H]2CC[C@@H]([C@@H](Nc3ccc[nH]3)/C(=C/C(=O)O)CN=C(N)N)[C@H]1C2. The number of hydrogen-bond donors (Lipinski definition) is 6. The van der Waals surface area contributed by atoms with Crippen LogP contribution >= 0.6 is 0 Å². The lowest BCUT2D eigenvalue weighted by atomic mass is 9.57. The van der Waals surface area contributed by atoms with Crippen molar-refractivity contribution >= 4 is 41.1 Å². The normalized spacial score (nSPS) is 22.2. The van der Waals surface area contributed by atoms with Gasteiger partial charge in [-0.25, -0.2) is 9.79 Å². The quantitative estimate of drug-likeness (QED) is 0.0484. The summed E-state index contributed by atoms with van der Waals surface area (Å²) in [6, 6.07) is 14.6. The number of fused-ring (bicyclic) bond motifs is 5.